The predicted molar refractivity (Wildman–Crippen MR) is 138 cm³/mol. The van der Waals surface area contributed by atoms with Crippen LogP contribution in [0.3, 0.4) is 0 Å². The van der Waals surface area contributed by atoms with Crippen LogP contribution in [0.5, 0.6) is 0 Å². The number of nitrogens with one attached hydrogen (secondary N) is 2. The Morgan fingerprint density at radius 1 is 1.11 bits per heavy atom. The molecule has 186 valence electrons. The van der Waals surface area contributed by atoms with Gasteiger partial charge in [-0.3, -0.25) is 9.69 Å². The summed E-state index contributed by atoms with van der Waals surface area (Å²) in [6.07, 6.45) is 5.88. The topological polar surface area (TPSA) is 77.7 Å². The van der Waals surface area contributed by atoms with E-state index in [-0.39, 0.29) is 24.4 Å². The first-order valence-corrected chi connectivity index (χ1v) is 12.4. The van der Waals surface area contributed by atoms with Crippen molar-refractivity contribution in [2.45, 2.75) is 46.2 Å². The Morgan fingerprint density at radius 3 is 2.60 bits per heavy atom. The fraction of sp³-hybridized carbons (Fsp3) is 0.481. The van der Waals surface area contributed by atoms with E-state index in [1.165, 1.54) is 49.2 Å². The van der Waals surface area contributed by atoms with Gasteiger partial charge in [-0.1, -0.05) is 12.5 Å². The molecule has 35 heavy (non-hydrogen) atoms. The number of likely N-dealkylation sites (tertiary alicyclic amines) is 1. The number of H-pyrrole nitrogens is 1. The zero-order valence-corrected chi connectivity index (χ0v) is 21.2. The van der Waals surface area contributed by atoms with Gasteiger partial charge in [-0.25, -0.2) is 4.79 Å². The van der Waals surface area contributed by atoms with E-state index < -0.39 is 0 Å². The summed E-state index contributed by atoms with van der Waals surface area (Å²) in [7, 11) is 0. The lowest BCUT2D eigenvalue weighted by molar-refractivity contribution is -0.110. The monoisotopic (exact) mass is 496 g/mol. The van der Waals surface area contributed by atoms with E-state index in [0.717, 1.165) is 40.9 Å². The second-order valence-corrected chi connectivity index (χ2v) is 10.3. The first kappa shape index (κ1) is 23.9. The first-order valence-electron chi connectivity index (χ1n) is 12.4. The number of ether oxygens (including phenoxy) is 1. The molecule has 1 aromatic heterocycles. The molecule has 2 saturated heterocycles. The summed E-state index contributed by atoms with van der Waals surface area (Å²) in [5.74, 6) is 1.68. The molecular weight excluding hydrogens is 464 g/mol. The van der Waals surface area contributed by atoms with Gasteiger partial charge < -0.3 is 19.9 Å². The maximum absolute atomic E-state index is 12.9. The molecule has 1 aliphatic carbocycles. The molecule has 4 aliphatic rings. The number of carbonyl (C=O) groups excluding carboxylic acids is 2. The van der Waals surface area contributed by atoms with Gasteiger partial charge in [0.25, 0.3) is 5.91 Å². The van der Waals surface area contributed by atoms with Crippen LogP contribution in [-0.4, -0.2) is 53.0 Å². The highest BCUT2D eigenvalue weighted by Gasteiger charge is 2.36. The Kier molecular flexibility index (Phi) is 6.40. The molecule has 2 N–H and O–H groups in total. The lowest BCUT2D eigenvalue weighted by Crippen LogP contribution is -2.23. The van der Waals surface area contributed by atoms with Crippen LogP contribution in [0.2, 0.25) is 0 Å². The first-order chi connectivity index (χ1) is 16.5. The number of halogens is 1. The number of aryl methyl sites for hydroxylation is 1. The van der Waals surface area contributed by atoms with Crippen molar-refractivity contribution in [2.24, 2.45) is 11.8 Å². The fourth-order valence-corrected chi connectivity index (χ4v) is 6.29. The summed E-state index contributed by atoms with van der Waals surface area (Å²) < 4.78 is 5.04. The third-order valence-electron chi connectivity index (χ3n) is 8.19. The number of hydrogen-bond donors (Lipinski definition) is 2. The number of hydrogen-bond acceptors (Lipinski definition) is 4. The quantitative estimate of drug-likeness (QED) is 0.587. The molecule has 3 aliphatic heterocycles. The number of aromatic nitrogens is 1. The van der Waals surface area contributed by atoms with Gasteiger partial charge >= 0.3 is 6.09 Å². The molecule has 0 radical (unpaired) electrons. The summed E-state index contributed by atoms with van der Waals surface area (Å²) in [6.45, 7) is 9.21. The fourth-order valence-electron chi connectivity index (χ4n) is 6.29. The Bertz CT molecular complexity index is 1190. The molecule has 1 aromatic carbocycles. The minimum atomic E-state index is -0.280. The van der Waals surface area contributed by atoms with Crippen molar-refractivity contribution in [2.75, 3.05) is 31.6 Å². The zero-order chi connectivity index (χ0) is 23.4. The highest BCUT2D eigenvalue weighted by molar-refractivity contribution is 6.34. The molecule has 8 heteroatoms. The lowest BCUT2D eigenvalue weighted by Gasteiger charge is -2.17. The van der Waals surface area contributed by atoms with Gasteiger partial charge in [0.2, 0.25) is 0 Å². The average molecular weight is 497 g/mol. The van der Waals surface area contributed by atoms with Crippen molar-refractivity contribution < 1.29 is 14.3 Å². The number of rotatable bonds is 5. The largest absolute Gasteiger partial charge is 0.448 e. The minimum Gasteiger partial charge on any atom is -0.448 e. The van der Waals surface area contributed by atoms with Gasteiger partial charge in [0.15, 0.2) is 0 Å². The van der Waals surface area contributed by atoms with Gasteiger partial charge in [0.05, 0.1) is 12.1 Å². The highest BCUT2D eigenvalue weighted by atomic mass is 35.5. The van der Waals surface area contributed by atoms with Crippen LogP contribution in [-0.2, 0) is 22.6 Å². The van der Waals surface area contributed by atoms with Crippen molar-refractivity contribution in [1.29, 1.82) is 0 Å². The number of fused-ring (bicyclic) bond motifs is 2. The smallest absolute Gasteiger partial charge is 0.410 e. The second kappa shape index (κ2) is 9.36. The molecule has 6 rings (SSSR count). The average Bonchev–Trinajstić information content (AvgIpc) is 3.60. The Hall–Kier alpha value is -2.77. The normalized spacial score (nSPS) is 24.5. The number of carbonyl (C=O) groups is 2. The highest BCUT2D eigenvalue weighted by Crippen LogP contribution is 2.39. The maximum Gasteiger partial charge on any atom is 0.410 e. The van der Waals surface area contributed by atoms with Gasteiger partial charge in [0.1, 0.15) is 6.61 Å². The molecule has 2 amide bonds. The van der Waals surface area contributed by atoms with E-state index in [2.05, 4.69) is 29.0 Å². The van der Waals surface area contributed by atoms with Crippen LogP contribution < -0.4 is 5.32 Å². The molecule has 7 nitrogen and oxygen atoms in total. The molecule has 3 fully saturated rings. The standard InChI is InChI=1S/C27H32N4O3.ClH/c1-16-23(15-30-13-19-4-3-5-20(19)14-30)17(2)28-25(16)11-22-21-10-18(6-7-24(21)29-26(22)32)12-31-8-9-34-27(31)33;/h6-7,10-11,19-20,28H,3-5,8-9,12-15H2,1-2H3,(H,29,32);1H/t19-,20+;. The number of cyclic esters (lactones) is 1. The van der Waals surface area contributed by atoms with E-state index >= 15 is 0 Å². The summed E-state index contributed by atoms with van der Waals surface area (Å²) in [4.78, 5) is 32.5. The summed E-state index contributed by atoms with van der Waals surface area (Å²) >= 11 is 0. The van der Waals surface area contributed by atoms with E-state index in [1.54, 1.807) is 4.90 Å². The number of amides is 2. The van der Waals surface area contributed by atoms with E-state index in [4.69, 9.17) is 4.74 Å². The Labute approximate surface area is 212 Å². The van der Waals surface area contributed by atoms with Crippen LogP contribution in [0.15, 0.2) is 18.2 Å². The van der Waals surface area contributed by atoms with Crippen LogP contribution >= 0.6 is 12.4 Å². The van der Waals surface area contributed by atoms with Crippen LogP contribution in [0.1, 0.15) is 52.9 Å². The van der Waals surface area contributed by atoms with E-state index in [0.29, 0.717) is 25.3 Å². The van der Waals surface area contributed by atoms with Crippen molar-refractivity contribution in [3.8, 4) is 0 Å². The third-order valence-corrected chi connectivity index (χ3v) is 8.19. The molecule has 4 heterocycles. The minimum absolute atomic E-state index is 0. The van der Waals surface area contributed by atoms with Crippen molar-refractivity contribution in [3.63, 3.8) is 0 Å². The van der Waals surface area contributed by atoms with Gasteiger partial charge in [-0.05, 0) is 73.4 Å². The van der Waals surface area contributed by atoms with Crippen molar-refractivity contribution in [3.05, 3.63) is 51.8 Å². The predicted octanol–water partition coefficient (Wildman–Crippen LogP) is 4.73. The van der Waals surface area contributed by atoms with Crippen LogP contribution in [0, 0.1) is 25.7 Å². The van der Waals surface area contributed by atoms with Crippen molar-refractivity contribution in [1.82, 2.24) is 14.8 Å². The van der Waals surface area contributed by atoms with Crippen LogP contribution in [0.25, 0.3) is 11.6 Å². The molecular formula is C27H33ClN4O3. The number of nitrogens with zero attached hydrogens (tertiary/aromatic N) is 2. The molecule has 1 saturated carbocycles. The number of aromatic amines is 1. The van der Waals surface area contributed by atoms with Crippen LogP contribution in [0.4, 0.5) is 10.5 Å². The number of benzene rings is 1. The summed E-state index contributed by atoms with van der Waals surface area (Å²) in [6, 6.07) is 5.90. The zero-order valence-electron chi connectivity index (χ0n) is 20.4. The molecule has 0 bridgehead atoms. The summed E-state index contributed by atoms with van der Waals surface area (Å²) in [5.41, 5.74) is 8.10. The SMILES string of the molecule is Cc1[nH]c(C=C2C(=O)Nc3ccc(CN4CCOC4=O)cc32)c(C)c1CN1C[C@H]2CCC[C@H]2C1.Cl. The number of anilines is 1. The Morgan fingerprint density at radius 2 is 1.89 bits per heavy atom. The second-order valence-electron chi connectivity index (χ2n) is 10.3. The van der Waals surface area contributed by atoms with E-state index in [1.807, 2.05) is 24.3 Å². The van der Waals surface area contributed by atoms with Gasteiger partial charge in [-0.2, -0.15) is 0 Å². The van der Waals surface area contributed by atoms with Crippen molar-refractivity contribution >= 4 is 41.7 Å². The molecule has 0 unspecified atom stereocenters. The lowest BCUT2D eigenvalue weighted by atomic mass is 10.0. The van der Waals surface area contributed by atoms with E-state index in [9.17, 15) is 9.59 Å². The van der Waals surface area contributed by atoms with Gasteiger partial charge in [-0.15, -0.1) is 12.4 Å². The molecule has 2 atom stereocenters. The van der Waals surface area contributed by atoms with Gasteiger partial charge in [0, 0.05) is 48.8 Å². The molecule has 0 spiro atoms. The third kappa shape index (κ3) is 4.36. The summed E-state index contributed by atoms with van der Waals surface area (Å²) in [5, 5.41) is 2.98. The maximum atomic E-state index is 12.9. The Balaban J connectivity index is 0.00000253. The molecule has 2 aromatic rings.